The Morgan fingerprint density at radius 2 is 2.21 bits per heavy atom. The van der Waals surface area contributed by atoms with E-state index in [4.69, 9.17) is 0 Å². The monoisotopic (exact) mass is 261 g/mol. The molecule has 2 aliphatic rings. The van der Waals surface area contributed by atoms with Crippen LogP contribution < -0.4 is 10.2 Å². The number of aromatic nitrogens is 1. The summed E-state index contributed by atoms with van der Waals surface area (Å²) in [4.78, 5) is 6.87. The van der Waals surface area contributed by atoms with Crippen LogP contribution in [-0.4, -0.2) is 35.8 Å². The van der Waals surface area contributed by atoms with Crippen molar-refractivity contribution in [2.45, 2.75) is 38.3 Å². The van der Waals surface area contributed by atoms with Crippen LogP contribution in [0.5, 0.6) is 0 Å². The Hall–Kier alpha value is -1.13. The number of pyridine rings is 1. The zero-order valence-electron chi connectivity index (χ0n) is 11.4. The number of nitrogens with one attached hydrogen (secondary N) is 1. The van der Waals surface area contributed by atoms with Gasteiger partial charge in [0.05, 0.1) is 0 Å². The number of hydrogen-bond acceptors (Lipinski definition) is 4. The van der Waals surface area contributed by atoms with E-state index in [9.17, 15) is 5.11 Å². The van der Waals surface area contributed by atoms with Gasteiger partial charge in [0.1, 0.15) is 5.82 Å². The van der Waals surface area contributed by atoms with Crippen LogP contribution in [0.4, 0.5) is 5.82 Å². The summed E-state index contributed by atoms with van der Waals surface area (Å²) >= 11 is 0. The fraction of sp³-hybridized carbons (Fsp3) is 0.667. The van der Waals surface area contributed by atoms with Gasteiger partial charge in [-0.1, -0.05) is 6.07 Å². The molecular formula is C15H23N3O. The summed E-state index contributed by atoms with van der Waals surface area (Å²) in [5.41, 5.74) is 1.26. The number of piperidine rings is 1. The maximum atomic E-state index is 9.27. The Kier molecular flexibility index (Phi) is 3.99. The molecule has 2 fully saturated rings. The fourth-order valence-corrected chi connectivity index (χ4v) is 2.68. The molecule has 2 heterocycles. The first kappa shape index (κ1) is 12.9. The first-order valence-electron chi connectivity index (χ1n) is 7.39. The summed E-state index contributed by atoms with van der Waals surface area (Å²) in [5, 5.41) is 12.8. The highest BCUT2D eigenvalue weighted by Crippen LogP contribution is 2.22. The van der Waals surface area contributed by atoms with E-state index in [1.807, 2.05) is 6.20 Å². The highest BCUT2D eigenvalue weighted by atomic mass is 16.3. The molecule has 4 nitrogen and oxygen atoms in total. The summed E-state index contributed by atoms with van der Waals surface area (Å²) in [6.07, 6.45) is 6.91. The van der Waals surface area contributed by atoms with E-state index in [1.165, 1.54) is 18.4 Å². The number of hydrogen-bond donors (Lipinski definition) is 2. The maximum absolute atomic E-state index is 9.27. The van der Waals surface area contributed by atoms with Gasteiger partial charge in [-0.3, -0.25) is 0 Å². The molecule has 1 aliphatic carbocycles. The predicted octanol–water partition coefficient (Wildman–Crippen LogP) is 1.54. The minimum atomic E-state index is 0.292. The van der Waals surface area contributed by atoms with Crippen LogP contribution in [0, 0.1) is 5.92 Å². The van der Waals surface area contributed by atoms with Crippen molar-refractivity contribution in [3.8, 4) is 0 Å². The van der Waals surface area contributed by atoms with Crippen molar-refractivity contribution in [2.75, 3.05) is 24.6 Å². The third-order valence-corrected chi connectivity index (χ3v) is 4.08. The molecule has 1 aliphatic heterocycles. The lowest BCUT2D eigenvalue weighted by molar-refractivity contribution is 0.208. The second-order valence-corrected chi connectivity index (χ2v) is 5.82. The first-order valence-corrected chi connectivity index (χ1v) is 7.39. The molecular weight excluding hydrogens is 238 g/mol. The van der Waals surface area contributed by atoms with Crippen molar-refractivity contribution >= 4 is 5.82 Å². The molecule has 1 aromatic heterocycles. The molecule has 0 radical (unpaired) electrons. The standard InChI is InChI=1S/C15H23N3O/c19-11-13-2-1-7-18(10-13)15-6-3-12(9-17-15)8-16-14-4-5-14/h3,6,9,13-14,16,19H,1-2,4-5,7-8,10-11H2. The smallest absolute Gasteiger partial charge is 0.128 e. The molecule has 1 atom stereocenters. The molecule has 0 aromatic carbocycles. The summed E-state index contributed by atoms with van der Waals surface area (Å²) in [7, 11) is 0. The van der Waals surface area contributed by atoms with Gasteiger partial charge in [0.25, 0.3) is 0 Å². The quantitative estimate of drug-likeness (QED) is 0.844. The molecule has 4 heteroatoms. The van der Waals surface area contributed by atoms with Crippen LogP contribution in [0.2, 0.25) is 0 Å². The summed E-state index contributed by atoms with van der Waals surface area (Å²) in [6, 6.07) is 5.02. The molecule has 1 aromatic rings. The average molecular weight is 261 g/mol. The molecule has 2 N–H and O–H groups in total. The van der Waals surface area contributed by atoms with Gasteiger partial charge in [-0.25, -0.2) is 4.98 Å². The Morgan fingerprint density at radius 1 is 1.32 bits per heavy atom. The van der Waals surface area contributed by atoms with E-state index in [0.29, 0.717) is 12.5 Å². The predicted molar refractivity (Wildman–Crippen MR) is 76.1 cm³/mol. The molecule has 104 valence electrons. The Labute approximate surface area is 114 Å². The highest BCUT2D eigenvalue weighted by Gasteiger charge is 2.21. The Morgan fingerprint density at radius 3 is 2.89 bits per heavy atom. The molecule has 0 amide bonds. The number of rotatable bonds is 5. The van der Waals surface area contributed by atoms with Crippen molar-refractivity contribution in [3.63, 3.8) is 0 Å². The lowest BCUT2D eigenvalue weighted by Gasteiger charge is -2.32. The fourth-order valence-electron chi connectivity index (χ4n) is 2.68. The van der Waals surface area contributed by atoms with Gasteiger partial charge in [0.2, 0.25) is 0 Å². The minimum Gasteiger partial charge on any atom is -0.396 e. The van der Waals surface area contributed by atoms with E-state index in [1.54, 1.807) is 0 Å². The maximum Gasteiger partial charge on any atom is 0.128 e. The zero-order chi connectivity index (χ0) is 13.1. The van der Waals surface area contributed by atoms with E-state index in [2.05, 4.69) is 27.3 Å². The van der Waals surface area contributed by atoms with Crippen LogP contribution in [-0.2, 0) is 6.54 Å². The second kappa shape index (κ2) is 5.88. The zero-order valence-corrected chi connectivity index (χ0v) is 11.4. The van der Waals surface area contributed by atoms with Crippen molar-refractivity contribution < 1.29 is 5.11 Å². The van der Waals surface area contributed by atoms with Crippen molar-refractivity contribution in [1.29, 1.82) is 0 Å². The number of anilines is 1. The lowest BCUT2D eigenvalue weighted by Crippen LogP contribution is -2.37. The van der Waals surface area contributed by atoms with Gasteiger partial charge in [0, 0.05) is 38.5 Å². The average Bonchev–Trinajstić information content (AvgIpc) is 3.30. The molecule has 0 bridgehead atoms. The summed E-state index contributed by atoms with van der Waals surface area (Å²) in [5.74, 6) is 1.46. The molecule has 0 spiro atoms. The largest absolute Gasteiger partial charge is 0.396 e. The number of aliphatic hydroxyl groups is 1. The van der Waals surface area contributed by atoms with Gasteiger partial charge in [-0.15, -0.1) is 0 Å². The second-order valence-electron chi connectivity index (χ2n) is 5.82. The van der Waals surface area contributed by atoms with E-state index < -0.39 is 0 Å². The highest BCUT2D eigenvalue weighted by molar-refractivity contribution is 5.39. The number of aliphatic hydroxyl groups excluding tert-OH is 1. The van der Waals surface area contributed by atoms with Crippen LogP contribution in [0.25, 0.3) is 0 Å². The molecule has 19 heavy (non-hydrogen) atoms. The van der Waals surface area contributed by atoms with Crippen LogP contribution in [0.3, 0.4) is 0 Å². The summed E-state index contributed by atoms with van der Waals surface area (Å²) in [6.45, 7) is 3.21. The molecule has 3 rings (SSSR count). The van der Waals surface area contributed by atoms with Crippen molar-refractivity contribution in [1.82, 2.24) is 10.3 Å². The van der Waals surface area contributed by atoms with Gasteiger partial charge in [-0.05, 0) is 43.2 Å². The third-order valence-electron chi connectivity index (χ3n) is 4.08. The van der Waals surface area contributed by atoms with Crippen LogP contribution in [0.1, 0.15) is 31.2 Å². The molecule has 1 saturated heterocycles. The van der Waals surface area contributed by atoms with Crippen molar-refractivity contribution in [3.05, 3.63) is 23.9 Å². The van der Waals surface area contributed by atoms with E-state index in [-0.39, 0.29) is 0 Å². The third kappa shape index (κ3) is 3.45. The Balaban J connectivity index is 1.57. The molecule has 1 saturated carbocycles. The lowest BCUT2D eigenvalue weighted by atomic mass is 9.99. The normalized spacial score (nSPS) is 23.6. The van der Waals surface area contributed by atoms with E-state index >= 15 is 0 Å². The SMILES string of the molecule is OCC1CCCN(c2ccc(CNC3CC3)cn2)C1. The van der Waals surface area contributed by atoms with Gasteiger partial charge >= 0.3 is 0 Å². The minimum absolute atomic E-state index is 0.292. The topological polar surface area (TPSA) is 48.4 Å². The van der Waals surface area contributed by atoms with Crippen LogP contribution in [0.15, 0.2) is 18.3 Å². The summed E-state index contributed by atoms with van der Waals surface area (Å²) < 4.78 is 0. The van der Waals surface area contributed by atoms with Gasteiger partial charge in [0.15, 0.2) is 0 Å². The molecule has 1 unspecified atom stereocenters. The first-order chi connectivity index (χ1) is 9.35. The Bertz CT molecular complexity index is 402. The number of nitrogens with zero attached hydrogens (tertiary/aromatic N) is 2. The van der Waals surface area contributed by atoms with E-state index in [0.717, 1.165) is 44.3 Å². The van der Waals surface area contributed by atoms with Crippen LogP contribution >= 0.6 is 0 Å². The van der Waals surface area contributed by atoms with Gasteiger partial charge in [-0.2, -0.15) is 0 Å². The van der Waals surface area contributed by atoms with Gasteiger partial charge < -0.3 is 15.3 Å². The van der Waals surface area contributed by atoms with Crippen molar-refractivity contribution in [2.24, 2.45) is 5.92 Å².